The lowest BCUT2D eigenvalue weighted by molar-refractivity contribution is -0.121. The zero-order chi connectivity index (χ0) is 20.3. The number of hydrogen-bond donors (Lipinski definition) is 1. The van der Waals surface area contributed by atoms with Gasteiger partial charge in [-0.05, 0) is 29.3 Å². The molecule has 0 atom stereocenters. The SMILES string of the molecule is O=C(CC(c1ccccc1)c1ccccc1)NCC#CCOc1cccc(Br)c1. The van der Waals surface area contributed by atoms with E-state index in [1.165, 1.54) is 0 Å². The molecule has 0 aromatic heterocycles. The summed E-state index contributed by atoms with van der Waals surface area (Å²) in [7, 11) is 0. The smallest absolute Gasteiger partial charge is 0.221 e. The van der Waals surface area contributed by atoms with Crippen LogP contribution in [-0.2, 0) is 4.79 Å². The number of nitrogens with one attached hydrogen (secondary N) is 1. The van der Waals surface area contributed by atoms with Crippen molar-refractivity contribution in [2.75, 3.05) is 13.2 Å². The molecule has 0 heterocycles. The minimum absolute atomic E-state index is 0.0187. The van der Waals surface area contributed by atoms with E-state index >= 15 is 0 Å². The zero-order valence-electron chi connectivity index (χ0n) is 16.0. The number of carbonyl (C=O) groups is 1. The van der Waals surface area contributed by atoms with E-state index in [0.717, 1.165) is 21.3 Å². The molecule has 1 N–H and O–H groups in total. The summed E-state index contributed by atoms with van der Waals surface area (Å²) < 4.78 is 6.52. The van der Waals surface area contributed by atoms with E-state index in [-0.39, 0.29) is 18.4 Å². The second-order valence-corrected chi connectivity index (χ2v) is 7.37. The number of halogens is 1. The molecule has 0 spiro atoms. The maximum atomic E-state index is 12.5. The highest BCUT2D eigenvalue weighted by Gasteiger charge is 2.17. The molecule has 0 aliphatic rings. The van der Waals surface area contributed by atoms with Gasteiger partial charge in [-0.3, -0.25) is 4.79 Å². The Hall–Kier alpha value is -3.03. The topological polar surface area (TPSA) is 38.3 Å². The van der Waals surface area contributed by atoms with Gasteiger partial charge < -0.3 is 10.1 Å². The Kier molecular flexibility index (Phi) is 7.91. The fourth-order valence-electron chi connectivity index (χ4n) is 2.99. The Morgan fingerprint density at radius 3 is 2.17 bits per heavy atom. The largest absolute Gasteiger partial charge is 0.481 e. The van der Waals surface area contributed by atoms with Crippen molar-refractivity contribution in [3.63, 3.8) is 0 Å². The lowest BCUT2D eigenvalue weighted by Gasteiger charge is -2.17. The van der Waals surface area contributed by atoms with Crippen LogP contribution < -0.4 is 10.1 Å². The van der Waals surface area contributed by atoms with Crippen molar-refractivity contribution >= 4 is 21.8 Å². The van der Waals surface area contributed by atoms with Crippen LogP contribution >= 0.6 is 15.9 Å². The Labute approximate surface area is 180 Å². The van der Waals surface area contributed by atoms with Crippen LogP contribution in [0.4, 0.5) is 0 Å². The lowest BCUT2D eigenvalue weighted by atomic mass is 9.88. The van der Waals surface area contributed by atoms with Gasteiger partial charge in [0.15, 0.2) is 0 Å². The molecule has 0 unspecified atom stereocenters. The molecule has 0 fully saturated rings. The Morgan fingerprint density at radius 2 is 1.55 bits per heavy atom. The van der Waals surface area contributed by atoms with E-state index in [0.29, 0.717) is 13.0 Å². The van der Waals surface area contributed by atoms with Crippen LogP contribution in [0.15, 0.2) is 89.4 Å². The summed E-state index contributed by atoms with van der Waals surface area (Å²) in [5.41, 5.74) is 2.25. The Bertz CT molecular complexity index is 938. The molecule has 0 bridgehead atoms. The molecule has 3 aromatic carbocycles. The zero-order valence-corrected chi connectivity index (χ0v) is 17.6. The van der Waals surface area contributed by atoms with Crippen molar-refractivity contribution in [1.82, 2.24) is 5.32 Å². The van der Waals surface area contributed by atoms with Crippen LogP contribution in [0.3, 0.4) is 0 Å². The second kappa shape index (κ2) is 11.1. The Balaban J connectivity index is 1.51. The third-order valence-corrected chi connectivity index (χ3v) is 4.89. The van der Waals surface area contributed by atoms with Crippen LogP contribution in [0.5, 0.6) is 5.75 Å². The van der Waals surface area contributed by atoms with Gasteiger partial charge in [0.25, 0.3) is 0 Å². The summed E-state index contributed by atoms with van der Waals surface area (Å²) in [6.07, 6.45) is 0.379. The fraction of sp³-hybridized carbons (Fsp3) is 0.160. The molecule has 0 saturated heterocycles. The van der Waals surface area contributed by atoms with Crippen molar-refractivity contribution in [1.29, 1.82) is 0 Å². The summed E-state index contributed by atoms with van der Waals surface area (Å²) >= 11 is 3.40. The normalized spacial score (nSPS) is 10.1. The van der Waals surface area contributed by atoms with Crippen LogP contribution in [0.25, 0.3) is 0 Å². The molecule has 146 valence electrons. The van der Waals surface area contributed by atoms with Gasteiger partial charge in [0, 0.05) is 16.8 Å². The van der Waals surface area contributed by atoms with E-state index in [9.17, 15) is 4.79 Å². The van der Waals surface area contributed by atoms with Gasteiger partial charge in [0.05, 0.1) is 6.54 Å². The maximum Gasteiger partial charge on any atom is 0.221 e. The number of hydrogen-bond acceptors (Lipinski definition) is 2. The lowest BCUT2D eigenvalue weighted by Crippen LogP contribution is -2.25. The van der Waals surface area contributed by atoms with Crippen molar-refractivity contribution in [3.8, 4) is 17.6 Å². The minimum atomic E-state index is -0.0232. The summed E-state index contributed by atoms with van der Waals surface area (Å²) in [4.78, 5) is 12.5. The van der Waals surface area contributed by atoms with Gasteiger partial charge in [0.2, 0.25) is 5.91 Å². The van der Waals surface area contributed by atoms with Gasteiger partial charge in [0.1, 0.15) is 12.4 Å². The molecule has 3 nitrogen and oxygen atoms in total. The predicted octanol–water partition coefficient (Wildman–Crippen LogP) is 5.17. The first-order valence-corrected chi connectivity index (χ1v) is 10.2. The van der Waals surface area contributed by atoms with Crippen molar-refractivity contribution in [2.24, 2.45) is 0 Å². The highest BCUT2D eigenvalue weighted by molar-refractivity contribution is 9.10. The van der Waals surface area contributed by atoms with Gasteiger partial charge >= 0.3 is 0 Å². The molecule has 0 aliphatic heterocycles. The maximum absolute atomic E-state index is 12.5. The van der Waals surface area contributed by atoms with Crippen LogP contribution in [0, 0.1) is 11.8 Å². The molecule has 0 radical (unpaired) electrons. The fourth-order valence-corrected chi connectivity index (χ4v) is 3.37. The summed E-state index contributed by atoms with van der Waals surface area (Å²) in [5.74, 6) is 6.61. The number of benzene rings is 3. The summed E-state index contributed by atoms with van der Waals surface area (Å²) in [6, 6.07) is 27.8. The molecule has 0 aliphatic carbocycles. The molecule has 4 heteroatoms. The highest BCUT2D eigenvalue weighted by atomic mass is 79.9. The van der Waals surface area contributed by atoms with Gasteiger partial charge in [-0.2, -0.15) is 0 Å². The van der Waals surface area contributed by atoms with Crippen molar-refractivity contribution in [2.45, 2.75) is 12.3 Å². The molecule has 29 heavy (non-hydrogen) atoms. The molecular weight excluding hydrogens is 426 g/mol. The summed E-state index contributed by atoms with van der Waals surface area (Å²) in [5, 5.41) is 2.88. The quantitative estimate of drug-likeness (QED) is 0.507. The van der Waals surface area contributed by atoms with Crippen LogP contribution in [0.1, 0.15) is 23.5 Å². The molecular formula is C25H22BrNO2. The number of amides is 1. The second-order valence-electron chi connectivity index (χ2n) is 6.45. The standard InChI is InChI=1S/C25H22BrNO2/c26-22-14-9-15-23(18-22)29-17-8-7-16-27-25(28)19-24(20-10-3-1-4-11-20)21-12-5-2-6-13-21/h1-6,9-15,18,24H,16-17,19H2,(H,27,28). The number of rotatable bonds is 7. The summed E-state index contributed by atoms with van der Waals surface area (Å²) in [6.45, 7) is 0.583. The van der Waals surface area contributed by atoms with E-state index in [1.807, 2.05) is 60.7 Å². The average molecular weight is 448 g/mol. The monoisotopic (exact) mass is 447 g/mol. The van der Waals surface area contributed by atoms with Gasteiger partial charge in [-0.1, -0.05) is 94.5 Å². The Morgan fingerprint density at radius 1 is 0.897 bits per heavy atom. The van der Waals surface area contributed by atoms with E-state index in [2.05, 4.69) is 57.4 Å². The molecule has 3 aromatic rings. The molecule has 3 rings (SSSR count). The van der Waals surface area contributed by atoms with E-state index < -0.39 is 0 Å². The van der Waals surface area contributed by atoms with Gasteiger partial charge in [-0.25, -0.2) is 0 Å². The number of ether oxygens (including phenoxy) is 1. The number of carbonyl (C=O) groups excluding carboxylic acids is 1. The molecule has 1 amide bonds. The first-order valence-electron chi connectivity index (χ1n) is 9.43. The minimum Gasteiger partial charge on any atom is -0.481 e. The van der Waals surface area contributed by atoms with Crippen LogP contribution in [-0.4, -0.2) is 19.1 Å². The first kappa shape index (κ1) is 20.7. The van der Waals surface area contributed by atoms with Gasteiger partial charge in [-0.15, -0.1) is 0 Å². The van der Waals surface area contributed by atoms with Crippen molar-refractivity contribution in [3.05, 3.63) is 101 Å². The van der Waals surface area contributed by atoms with E-state index in [4.69, 9.17) is 4.74 Å². The van der Waals surface area contributed by atoms with E-state index in [1.54, 1.807) is 0 Å². The first-order chi connectivity index (χ1) is 14.2. The molecule has 0 saturated carbocycles. The highest BCUT2D eigenvalue weighted by Crippen LogP contribution is 2.27. The third kappa shape index (κ3) is 6.81. The average Bonchev–Trinajstić information content (AvgIpc) is 2.76. The van der Waals surface area contributed by atoms with Crippen molar-refractivity contribution < 1.29 is 9.53 Å². The predicted molar refractivity (Wildman–Crippen MR) is 120 cm³/mol. The third-order valence-electron chi connectivity index (χ3n) is 4.40. The van der Waals surface area contributed by atoms with Crippen LogP contribution in [0.2, 0.25) is 0 Å².